The van der Waals surface area contributed by atoms with E-state index >= 15 is 0 Å². The molecule has 0 spiro atoms. The molecule has 2 amide bonds. The van der Waals surface area contributed by atoms with Crippen molar-refractivity contribution >= 4 is 17.5 Å². The predicted molar refractivity (Wildman–Crippen MR) is 85.0 cm³/mol. The van der Waals surface area contributed by atoms with Gasteiger partial charge in [0.25, 0.3) is 5.91 Å². The Bertz CT molecular complexity index is 524. The molecule has 0 heterocycles. The first-order valence-electron chi connectivity index (χ1n) is 7.10. The van der Waals surface area contributed by atoms with Crippen LogP contribution in [0.2, 0.25) is 0 Å². The molecule has 1 aromatic rings. The standard InChI is InChI=1S/C16H25N3O2/c1-10(2)8-14(16(21)19(4)5)18-15(20)12-9-11(3)6-7-13(12)17/h6-7,9-10,14H,8,17H2,1-5H3,(H,18,20). The summed E-state index contributed by atoms with van der Waals surface area (Å²) in [5.74, 6) is -0.116. The lowest BCUT2D eigenvalue weighted by Gasteiger charge is -2.23. The third-order valence-corrected chi connectivity index (χ3v) is 3.20. The summed E-state index contributed by atoms with van der Waals surface area (Å²) in [5, 5.41) is 2.80. The maximum Gasteiger partial charge on any atom is 0.254 e. The molecular formula is C16H25N3O2. The van der Waals surface area contributed by atoms with E-state index in [4.69, 9.17) is 5.73 Å². The van der Waals surface area contributed by atoms with Crippen molar-refractivity contribution in [3.8, 4) is 0 Å². The van der Waals surface area contributed by atoms with Crippen LogP contribution >= 0.6 is 0 Å². The summed E-state index contributed by atoms with van der Waals surface area (Å²) in [6.45, 7) is 5.93. The quantitative estimate of drug-likeness (QED) is 0.812. The molecule has 1 rings (SSSR count). The van der Waals surface area contributed by atoms with Gasteiger partial charge in [0.05, 0.1) is 5.56 Å². The van der Waals surface area contributed by atoms with Gasteiger partial charge >= 0.3 is 0 Å². The van der Waals surface area contributed by atoms with E-state index in [2.05, 4.69) is 5.32 Å². The van der Waals surface area contributed by atoms with E-state index in [1.54, 1.807) is 26.2 Å². The summed E-state index contributed by atoms with van der Waals surface area (Å²) in [7, 11) is 3.37. The Morgan fingerprint density at radius 2 is 1.90 bits per heavy atom. The van der Waals surface area contributed by atoms with E-state index in [1.165, 1.54) is 4.90 Å². The van der Waals surface area contributed by atoms with Crippen molar-refractivity contribution < 1.29 is 9.59 Å². The first kappa shape index (κ1) is 17.0. The first-order chi connectivity index (χ1) is 9.72. The molecule has 0 aromatic heterocycles. The third kappa shape index (κ3) is 4.77. The Hall–Kier alpha value is -2.04. The molecule has 1 unspecified atom stereocenters. The Morgan fingerprint density at radius 3 is 2.43 bits per heavy atom. The van der Waals surface area contributed by atoms with Crippen LogP contribution in [0.3, 0.4) is 0 Å². The van der Waals surface area contributed by atoms with E-state index in [-0.39, 0.29) is 11.8 Å². The zero-order chi connectivity index (χ0) is 16.2. The fraction of sp³-hybridized carbons (Fsp3) is 0.500. The zero-order valence-corrected chi connectivity index (χ0v) is 13.4. The number of amides is 2. The molecule has 0 aliphatic carbocycles. The molecule has 0 fully saturated rings. The highest BCUT2D eigenvalue weighted by atomic mass is 16.2. The van der Waals surface area contributed by atoms with Crippen molar-refractivity contribution in [1.29, 1.82) is 0 Å². The Morgan fingerprint density at radius 1 is 1.29 bits per heavy atom. The van der Waals surface area contributed by atoms with E-state index in [9.17, 15) is 9.59 Å². The van der Waals surface area contributed by atoms with Crippen LogP contribution in [0.1, 0.15) is 36.2 Å². The number of anilines is 1. The minimum Gasteiger partial charge on any atom is -0.398 e. The number of likely N-dealkylation sites (N-methyl/N-ethyl adjacent to an activating group) is 1. The van der Waals surface area contributed by atoms with Gasteiger partial charge in [-0.15, -0.1) is 0 Å². The van der Waals surface area contributed by atoms with Gasteiger partial charge in [-0.3, -0.25) is 9.59 Å². The zero-order valence-electron chi connectivity index (χ0n) is 13.4. The molecule has 3 N–H and O–H groups in total. The lowest BCUT2D eigenvalue weighted by atomic mass is 10.0. The largest absolute Gasteiger partial charge is 0.398 e. The van der Waals surface area contributed by atoms with Crippen LogP contribution in [0.4, 0.5) is 5.69 Å². The molecule has 116 valence electrons. The average Bonchev–Trinajstić information content (AvgIpc) is 2.39. The Labute approximate surface area is 126 Å². The van der Waals surface area contributed by atoms with Gasteiger partial charge in [-0.1, -0.05) is 25.5 Å². The second-order valence-electron chi connectivity index (χ2n) is 5.98. The number of carbonyl (C=O) groups is 2. The van der Waals surface area contributed by atoms with E-state index in [0.29, 0.717) is 23.6 Å². The predicted octanol–water partition coefficient (Wildman–Crippen LogP) is 1.81. The molecule has 1 aromatic carbocycles. The number of benzene rings is 1. The van der Waals surface area contributed by atoms with Gasteiger partial charge in [-0.05, 0) is 31.4 Å². The fourth-order valence-electron chi connectivity index (χ4n) is 2.11. The van der Waals surface area contributed by atoms with Crippen LogP contribution in [0.15, 0.2) is 18.2 Å². The lowest BCUT2D eigenvalue weighted by molar-refractivity contribution is -0.131. The second-order valence-corrected chi connectivity index (χ2v) is 5.98. The van der Waals surface area contributed by atoms with Crippen LogP contribution in [0, 0.1) is 12.8 Å². The number of rotatable bonds is 5. The van der Waals surface area contributed by atoms with Gasteiger partial charge in [0, 0.05) is 19.8 Å². The number of aryl methyl sites for hydroxylation is 1. The maximum absolute atomic E-state index is 12.4. The van der Waals surface area contributed by atoms with Crippen molar-refractivity contribution in [3.63, 3.8) is 0 Å². The van der Waals surface area contributed by atoms with Crippen LogP contribution in [-0.2, 0) is 4.79 Å². The first-order valence-corrected chi connectivity index (χ1v) is 7.10. The molecule has 5 heteroatoms. The summed E-state index contributed by atoms with van der Waals surface area (Å²) in [4.78, 5) is 26.0. The lowest BCUT2D eigenvalue weighted by Crippen LogP contribution is -2.47. The van der Waals surface area contributed by atoms with Gasteiger partial charge < -0.3 is 16.0 Å². The second kappa shape index (κ2) is 7.11. The van der Waals surface area contributed by atoms with Crippen molar-refractivity contribution in [1.82, 2.24) is 10.2 Å². The smallest absolute Gasteiger partial charge is 0.254 e. The summed E-state index contributed by atoms with van der Waals surface area (Å²) in [6.07, 6.45) is 0.592. The highest BCUT2D eigenvalue weighted by molar-refractivity contribution is 6.01. The molecule has 0 bridgehead atoms. The van der Waals surface area contributed by atoms with Crippen LogP contribution in [0.25, 0.3) is 0 Å². The summed E-state index contributed by atoms with van der Waals surface area (Å²) in [5.41, 5.74) is 7.63. The summed E-state index contributed by atoms with van der Waals surface area (Å²) < 4.78 is 0. The minimum atomic E-state index is -0.535. The highest BCUT2D eigenvalue weighted by Gasteiger charge is 2.24. The van der Waals surface area contributed by atoms with E-state index in [0.717, 1.165) is 5.56 Å². The molecule has 0 saturated heterocycles. The van der Waals surface area contributed by atoms with Gasteiger partial charge in [-0.25, -0.2) is 0 Å². The molecular weight excluding hydrogens is 266 g/mol. The summed E-state index contributed by atoms with van der Waals surface area (Å²) >= 11 is 0. The molecule has 0 aliphatic heterocycles. The Kier molecular flexibility index (Phi) is 5.76. The van der Waals surface area contributed by atoms with Gasteiger partial charge in [-0.2, -0.15) is 0 Å². The molecule has 5 nitrogen and oxygen atoms in total. The Balaban J connectivity index is 2.94. The van der Waals surface area contributed by atoms with E-state index < -0.39 is 6.04 Å². The number of nitrogens with two attached hydrogens (primary N) is 1. The van der Waals surface area contributed by atoms with Crippen molar-refractivity contribution in [2.75, 3.05) is 19.8 Å². The molecule has 0 radical (unpaired) electrons. The normalized spacial score (nSPS) is 12.1. The number of nitrogens with one attached hydrogen (secondary N) is 1. The molecule has 1 atom stereocenters. The third-order valence-electron chi connectivity index (χ3n) is 3.20. The maximum atomic E-state index is 12.4. The van der Waals surface area contributed by atoms with Gasteiger partial charge in [0.15, 0.2) is 0 Å². The van der Waals surface area contributed by atoms with Crippen LogP contribution < -0.4 is 11.1 Å². The average molecular weight is 291 g/mol. The van der Waals surface area contributed by atoms with Crippen molar-refractivity contribution in [3.05, 3.63) is 29.3 Å². The van der Waals surface area contributed by atoms with Gasteiger partial charge in [0.2, 0.25) is 5.91 Å². The van der Waals surface area contributed by atoms with E-state index in [1.807, 2.05) is 26.8 Å². The minimum absolute atomic E-state index is 0.108. The monoisotopic (exact) mass is 291 g/mol. The number of nitrogen functional groups attached to an aromatic ring is 1. The number of hydrogen-bond acceptors (Lipinski definition) is 3. The fourth-order valence-corrected chi connectivity index (χ4v) is 2.11. The van der Waals surface area contributed by atoms with Crippen LogP contribution in [-0.4, -0.2) is 36.9 Å². The van der Waals surface area contributed by atoms with Crippen molar-refractivity contribution in [2.24, 2.45) is 5.92 Å². The van der Waals surface area contributed by atoms with Crippen molar-refractivity contribution in [2.45, 2.75) is 33.2 Å². The summed E-state index contributed by atoms with van der Waals surface area (Å²) in [6, 6.07) is 4.75. The molecule has 0 aliphatic rings. The van der Waals surface area contributed by atoms with Gasteiger partial charge in [0.1, 0.15) is 6.04 Å². The highest BCUT2D eigenvalue weighted by Crippen LogP contribution is 2.15. The SMILES string of the molecule is Cc1ccc(N)c(C(=O)NC(CC(C)C)C(=O)N(C)C)c1. The molecule has 21 heavy (non-hydrogen) atoms. The number of carbonyl (C=O) groups excluding carboxylic acids is 2. The van der Waals surface area contributed by atoms with Crippen LogP contribution in [0.5, 0.6) is 0 Å². The number of nitrogens with zero attached hydrogens (tertiary/aromatic N) is 1. The molecule has 0 saturated carbocycles. The topological polar surface area (TPSA) is 75.4 Å². The number of hydrogen-bond donors (Lipinski definition) is 2.